The summed E-state index contributed by atoms with van der Waals surface area (Å²) in [6.07, 6.45) is 4.08. The second kappa shape index (κ2) is 6.73. The molecule has 1 aromatic carbocycles. The van der Waals surface area contributed by atoms with Gasteiger partial charge in [-0.2, -0.15) is 4.98 Å². The number of anilines is 3. The number of rotatable bonds is 6. The third-order valence-corrected chi connectivity index (χ3v) is 2.77. The molecular formula is C15H20N4. The summed E-state index contributed by atoms with van der Waals surface area (Å²) in [6, 6.07) is 10.0. The highest BCUT2D eigenvalue weighted by Gasteiger charge is 2.00. The van der Waals surface area contributed by atoms with Crippen LogP contribution in [0.4, 0.5) is 17.5 Å². The van der Waals surface area contributed by atoms with E-state index in [9.17, 15) is 0 Å². The van der Waals surface area contributed by atoms with Crippen molar-refractivity contribution in [1.82, 2.24) is 9.97 Å². The number of aromatic nitrogens is 2. The van der Waals surface area contributed by atoms with Crippen LogP contribution < -0.4 is 10.6 Å². The lowest BCUT2D eigenvalue weighted by molar-refractivity contribution is 0.830. The third-order valence-electron chi connectivity index (χ3n) is 2.77. The largest absolute Gasteiger partial charge is 0.370 e. The van der Waals surface area contributed by atoms with Crippen molar-refractivity contribution in [3.63, 3.8) is 0 Å². The van der Waals surface area contributed by atoms with E-state index in [1.54, 1.807) is 6.20 Å². The quantitative estimate of drug-likeness (QED) is 0.773. The second-order valence-corrected chi connectivity index (χ2v) is 4.54. The van der Waals surface area contributed by atoms with Crippen molar-refractivity contribution in [2.75, 3.05) is 17.2 Å². The van der Waals surface area contributed by atoms with Crippen LogP contribution in [0.15, 0.2) is 36.5 Å². The van der Waals surface area contributed by atoms with Gasteiger partial charge in [-0.15, -0.1) is 0 Å². The lowest BCUT2D eigenvalue weighted by atomic mass is 10.2. The van der Waals surface area contributed by atoms with Gasteiger partial charge in [0.1, 0.15) is 5.82 Å². The summed E-state index contributed by atoms with van der Waals surface area (Å²) >= 11 is 0. The summed E-state index contributed by atoms with van der Waals surface area (Å²) in [5.74, 6) is 1.48. The number of nitrogens with zero attached hydrogens (tertiary/aromatic N) is 2. The predicted octanol–water partition coefficient (Wildman–Crippen LogP) is 3.74. The minimum absolute atomic E-state index is 0.618. The van der Waals surface area contributed by atoms with E-state index in [1.165, 1.54) is 12.0 Å². The van der Waals surface area contributed by atoms with Crippen molar-refractivity contribution in [2.45, 2.75) is 26.7 Å². The Morgan fingerprint density at radius 2 is 2.11 bits per heavy atom. The topological polar surface area (TPSA) is 49.8 Å². The van der Waals surface area contributed by atoms with Crippen LogP contribution in [-0.2, 0) is 0 Å². The molecular weight excluding hydrogens is 236 g/mol. The molecule has 0 amide bonds. The SMILES string of the molecule is CCCCNc1ccnc(Nc2cccc(C)c2)n1. The minimum Gasteiger partial charge on any atom is -0.370 e. The first-order valence-electron chi connectivity index (χ1n) is 6.68. The molecule has 0 spiro atoms. The highest BCUT2D eigenvalue weighted by atomic mass is 15.1. The van der Waals surface area contributed by atoms with E-state index in [2.05, 4.69) is 46.6 Å². The van der Waals surface area contributed by atoms with Crippen molar-refractivity contribution < 1.29 is 0 Å². The molecule has 1 heterocycles. The van der Waals surface area contributed by atoms with Gasteiger partial charge in [-0.05, 0) is 37.1 Å². The first-order valence-corrected chi connectivity index (χ1v) is 6.68. The maximum atomic E-state index is 4.44. The predicted molar refractivity (Wildman–Crippen MR) is 79.9 cm³/mol. The molecule has 0 aliphatic rings. The molecule has 100 valence electrons. The van der Waals surface area contributed by atoms with Crippen molar-refractivity contribution in [3.8, 4) is 0 Å². The van der Waals surface area contributed by atoms with E-state index in [4.69, 9.17) is 0 Å². The summed E-state index contributed by atoms with van der Waals surface area (Å²) in [4.78, 5) is 8.67. The normalized spacial score (nSPS) is 10.2. The maximum absolute atomic E-state index is 4.44. The Bertz CT molecular complexity index is 525. The zero-order valence-electron chi connectivity index (χ0n) is 11.5. The Labute approximate surface area is 114 Å². The molecule has 19 heavy (non-hydrogen) atoms. The number of nitrogens with one attached hydrogen (secondary N) is 2. The Morgan fingerprint density at radius 1 is 1.21 bits per heavy atom. The standard InChI is InChI=1S/C15H20N4/c1-3-4-9-16-14-8-10-17-15(19-14)18-13-7-5-6-12(2)11-13/h5-8,10-11H,3-4,9H2,1-2H3,(H2,16,17,18,19). The van der Waals surface area contributed by atoms with Gasteiger partial charge < -0.3 is 10.6 Å². The Morgan fingerprint density at radius 3 is 2.89 bits per heavy atom. The first-order chi connectivity index (χ1) is 9.28. The number of benzene rings is 1. The number of unbranched alkanes of at least 4 members (excludes halogenated alkanes) is 1. The zero-order chi connectivity index (χ0) is 13.5. The Balaban J connectivity index is 2.02. The number of hydrogen-bond acceptors (Lipinski definition) is 4. The Kier molecular flexibility index (Phi) is 4.72. The van der Waals surface area contributed by atoms with Gasteiger partial charge >= 0.3 is 0 Å². The highest BCUT2D eigenvalue weighted by molar-refractivity contribution is 5.55. The van der Waals surface area contributed by atoms with Crippen LogP contribution in [-0.4, -0.2) is 16.5 Å². The molecule has 0 saturated heterocycles. The highest BCUT2D eigenvalue weighted by Crippen LogP contribution is 2.15. The van der Waals surface area contributed by atoms with Gasteiger partial charge in [-0.25, -0.2) is 4.98 Å². The molecule has 0 fully saturated rings. The van der Waals surface area contributed by atoms with Crippen LogP contribution in [0.5, 0.6) is 0 Å². The fraction of sp³-hybridized carbons (Fsp3) is 0.333. The van der Waals surface area contributed by atoms with Gasteiger partial charge in [-0.3, -0.25) is 0 Å². The van der Waals surface area contributed by atoms with Gasteiger partial charge in [-0.1, -0.05) is 25.5 Å². The van der Waals surface area contributed by atoms with Crippen LogP contribution in [0.1, 0.15) is 25.3 Å². The summed E-state index contributed by atoms with van der Waals surface area (Å²) in [5, 5.41) is 6.51. The molecule has 0 aliphatic carbocycles. The molecule has 4 heteroatoms. The molecule has 2 N–H and O–H groups in total. The molecule has 0 atom stereocenters. The Hall–Kier alpha value is -2.10. The van der Waals surface area contributed by atoms with E-state index >= 15 is 0 Å². The third kappa shape index (κ3) is 4.25. The summed E-state index contributed by atoms with van der Waals surface area (Å²) in [6.45, 7) is 5.18. The van der Waals surface area contributed by atoms with E-state index in [1.807, 2.05) is 18.2 Å². The van der Waals surface area contributed by atoms with Crippen molar-refractivity contribution in [2.24, 2.45) is 0 Å². The van der Waals surface area contributed by atoms with E-state index < -0.39 is 0 Å². The minimum atomic E-state index is 0.618. The molecule has 0 aliphatic heterocycles. The molecule has 1 aromatic heterocycles. The van der Waals surface area contributed by atoms with Crippen LogP contribution >= 0.6 is 0 Å². The van der Waals surface area contributed by atoms with Crippen LogP contribution in [0.2, 0.25) is 0 Å². The molecule has 2 aromatic rings. The lowest BCUT2D eigenvalue weighted by Crippen LogP contribution is -2.05. The molecule has 0 unspecified atom stereocenters. The van der Waals surface area contributed by atoms with Gasteiger partial charge in [0.2, 0.25) is 5.95 Å². The van der Waals surface area contributed by atoms with E-state index in [0.717, 1.165) is 24.5 Å². The second-order valence-electron chi connectivity index (χ2n) is 4.54. The fourth-order valence-electron chi connectivity index (χ4n) is 1.76. The molecule has 2 rings (SSSR count). The van der Waals surface area contributed by atoms with Crippen molar-refractivity contribution in [1.29, 1.82) is 0 Å². The average molecular weight is 256 g/mol. The van der Waals surface area contributed by atoms with Crippen LogP contribution in [0, 0.1) is 6.92 Å². The smallest absolute Gasteiger partial charge is 0.229 e. The molecule has 0 bridgehead atoms. The van der Waals surface area contributed by atoms with Gasteiger partial charge in [0.05, 0.1) is 0 Å². The number of aryl methyl sites for hydroxylation is 1. The van der Waals surface area contributed by atoms with Crippen LogP contribution in [0.25, 0.3) is 0 Å². The first kappa shape index (κ1) is 13.3. The molecule has 4 nitrogen and oxygen atoms in total. The van der Waals surface area contributed by atoms with E-state index in [-0.39, 0.29) is 0 Å². The zero-order valence-corrected chi connectivity index (χ0v) is 11.5. The maximum Gasteiger partial charge on any atom is 0.229 e. The van der Waals surface area contributed by atoms with E-state index in [0.29, 0.717) is 5.95 Å². The van der Waals surface area contributed by atoms with Crippen molar-refractivity contribution >= 4 is 17.5 Å². The molecule has 0 radical (unpaired) electrons. The monoisotopic (exact) mass is 256 g/mol. The summed E-state index contributed by atoms with van der Waals surface area (Å²) < 4.78 is 0. The van der Waals surface area contributed by atoms with Gasteiger partial charge in [0.25, 0.3) is 0 Å². The summed E-state index contributed by atoms with van der Waals surface area (Å²) in [5.41, 5.74) is 2.22. The van der Waals surface area contributed by atoms with Gasteiger partial charge in [0, 0.05) is 18.4 Å². The fourth-order valence-corrected chi connectivity index (χ4v) is 1.76. The van der Waals surface area contributed by atoms with Gasteiger partial charge in [0.15, 0.2) is 0 Å². The van der Waals surface area contributed by atoms with Crippen molar-refractivity contribution in [3.05, 3.63) is 42.1 Å². The van der Waals surface area contributed by atoms with Crippen LogP contribution in [0.3, 0.4) is 0 Å². The summed E-state index contributed by atoms with van der Waals surface area (Å²) in [7, 11) is 0. The lowest BCUT2D eigenvalue weighted by Gasteiger charge is -2.08. The molecule has 0 saturated carbocycles. The average Bonchev–Trinajstić information content (AvgIpc) is 2.39. The number of hydrogen-bond donors (Lipinski definition) is 2.